The van der Waals surface area contributed by atoms with Crippen LogP contribution in [0.1, 0.15) is 6.92 Å². The zero-order chi connectivity index (χ0) is 21.5. The van der Waals surface area contributed by atoms with Crippen LogP contribution in [0.4, 0.5) is 5.69 Å². The highest BCUT2D eigenvalue weighted by molar-refractivity contribution is 7.90. The van der Waals surface area contributed by atoms with Crippen molar-refractivity contribution in [3.63, 3.8) is 0 Å². The number of ether oxygens (including phenoxy) is 2. The Hall–Kier alpha value is -2.91. The third-order valence-corrected chi connectivity index (χ3v) is 5.24. The van der Waals surface area contributed by atoms with Crippen LogP contribution in [-0.4, -0.2) is 52.4 Å². The molecule has 2 aromatic rings. The Morgan fingerprint density at radius 2 is 1.66 bits per heavy atom. The van der Waals surface area contributed by atoms with E-state index in [2.05, 4.69) is 10.6 Å². The molecule has 0 radical (unpaired) electrons. The number of rotatable bonds is 9. The lowest BCUT2D eigenvalue weighted by molar-refractivity contribution is -0.149. The van der Waals surface area contributed by atoms with E-state index in [0.29, 0.717) is 11.4 Å². The van der Waals surface area contributed by atoms with Gasteiger partial charge in [-0.25, -0.2) is 13.2 Å². The molecule has 1 atom stereocenters. The van der Waals surface area contributed by atoms with E-state index >= 15 is 0 Å². The van der Waals surface area contributed by atoms with E-state index in [1.54, 1.807) is 31.2 Å². The molecule has 0 aliphatic rings. The Morgan fingerprint density at radius 3 is 2.21 bits per heavy atom. The molecule has 1 amide bonds. The van der Waals surface area contributed by atoms with Gasteiger partial charge >= 0.3 is 5.97 Å². The number of benzene rings is 2. The summed E-state index contributed by atoms with van der Waals surface area (Å²) in [6.45, 7) is 1.35. The highest BCUT2D eigenvalue weighted by Crippen LogP contribution is 2.15. The minimum atomic E-state index is -3.31. The van der Waals surface area contributed by atoms with E-state index in [0.717, 1.165) is 6.26 Å². The van der Waals surface area contributed by atoms with Gasteiger partial charge in [0.2, 0.25) is 5.91 Å². The first-order valence-electron chi connectivity index (χ1n) is 8.75. The van der Waals surface area contributed by atoms with Gasteiger partial charge in [0.1, 0.15) is 17.9 Å². The van der Waals surface area contributed by atoms with E-state index in [4.69, 9.17) is 9.47 Å². The van der Waals surface area contributed by atoms with Crippen molar-refractivity contribution >= 4 is 27.4 Å². The van der Waals surface area contributed by atoms with Crippen molar-refractivity contribution in [2.45, 2.75) is 17.4 Å². The van der Waals surface area contributed by atoms with Crippen LogP contribution in [0.25, 0.3) is 0 Å². The van der Waals surface area contributed by atoms with Crippen LogP contribution in [0.5, 0.6) is 5.75 Å². The van der Waals surface area contributed by atoms with Crippen molar-refractivity contribution in [1.82, 2.24) is 5.32 Å². The lowest BCUT2D eigenvalue weighted by Gasteiger charge is -2.27. The second-order valence-corrected chi connectivity index (χ2v) is 8.64. The number of hydrogen-bond donors (Lipinski definition) is 2. The molecular weight excluding hydrogens is 396 g/mol. The standard InChI is InChI=1S/C20H24N2O6S/c1-20(19(24)27-2,14-28-16-7-5-4-6-8-16)21-13-18(23)22-15-9-11-17(12-10-15)29(3,25)26/h4-12,21H,13-14H2,1-3H3,(H,22,23). The molecule has 8 nitrogen and oxygen atoms in total. The molecule has 9 heteroatoms. The second-order valence-electron chi connectivity index (χ2n) is 6.62. The van der Waals surface area contributed by atoms with Crippen LogP contribution in [0.2, 0.25) is 0 Å². The van der Waals surface area contributed by atoms with E-state index in [9.17, 15) is 18.0 Å². The number of amides is 1. The predicted octanol–water partition coefficient (Wildman–Crippen LogP) is 1.63. The molecule has 0 heterocycles. The number of nitrogens with one attached hydrogen (secondary N) is 2. The average Bonchev–Trinajstić information content (AvgIpc) is 2.70. The van der Waals surface area contributed by atoms with Crippen LogP contribution in [0, 0.1) is 0 Å². The summed E-state index contributed by atoms with van der Waals surface area (Å²) >= 11 is 0. The molecule has 1 unspecified atom stereocenters. The maximum Gasteiger partial charge on any atom is 0.329 e. The first-order valence-corrected chi connectivity index (χ1v) is 10.6. The molecule has 29 heavy (non-hydrogen) atoms. The number of esters is 1. The monoisotopic (exact) mass is 420 g/mol. The molecule has 2 aromatic carbocycles. The van der Waals surface area contributed by atoms with Crippen LogP contribution in [0.3, 0.4) is 0 Å². The molecule has 156 valence electrons. The fourth-order valence-corrected chi connectivity index (χ4v) is 3.05. The maximum absolute atomic E-state index is 12.2. The highest BCUT2D eigenvalue weighted by atomic mass is 32.2. The summed E-state index contributed by atoms with van der Waals surface area (Å²) in [6, 6.07) is 14.8. The average molecular weight is 420 g/mol. The quantitative estimate of drug-likeness (QED) is 0.593. The first kappa shape index (κ1) is 22.4. The van der Waals surface area contributed by atoms with Gasteiger partial charge in [-0.15, -0.1) is 0 Å². The molecule has 0 bridgehead atoms. The third kappa shape index (κ3) is 6.58. The predicted molar refractivity (Wildman–Crippen MR) is 109 cm³/mol. The van der Waals surface area contributed by atoms with Crippen molar-refractivity contribution < 1.29 is 27.5 Å². The molecule has 0 aliphatic carbocycles. The van der Waals surface area contributed by atoms with Gasteiger partial charge in [0, 0.05) is 11.9 Å². The van der Waals surface area contributed by atoms with E-state index < -0.39 is 27.3 Å². The number of anilines is 1. The number of sulfone groups is 1. The van der Waals surface area contributed by atoms with Crippen molar-refractivity contribution in [2.24, 2.45) is 0 Å². The van der Waals surface area contributed by atoms with Crippen molar-refractivity contribution in [2.75, 3.05) is 31.8 Å². The van der Waals surface area contributed by atoms with Crippen LogP contribution < -0.4 is 15.4 Å². The molecule has 2 N–H and O–H groups in total. The Kier molecular flexibility index (Phi) is 7.35. The molecule has 0 fully saturated rings. The lowest BCUT2D eigenvalue weighted by atomic mass is 10.0. The largest absolute Gasteiger partial charge is 0.491 e. The number of methoxy groups -OCH3 is 1. The summed E-state index contributed by atoms with van der Waals surface area (Å²) in [4.78, 5) is 24.6. The van der Waals surface area contributed by atoms with E-state index in [1.165, 1.54) is 31.4 Å². The Bertz CT molecular complexity index is 945. The smallest absolute Gasteiger partial charge is 0.329 e. The van der Waals surface area contributed by atoms with Gasteiger partial charge in [0.15, 0.2) is 9.84 Å². The van der Waals surface area contributed by atoms with Gasteiger partial charge in [0.05, 0.1) is 18.6 Å². The SMILES string of the molecule is COC(=O)C(C)(COc1ccccc1)NCC(=O)Nc1ccc(S(C)(=O)=O)cc1. The Labute approximate surface area is 170 Å². The van der Waals surface area contributed by atoms with Gasteiger partial charge in [-0.05, 0) is 43.3 Å². The highest BCUT2D eigenvalue weighted by Gasteiger charge is 2.35. The fraction of sp³-hybridized carbons (Fsp3) is 0.300. The Balaban J connectivity index is 1.97. The maximum atomic E-state index is 12.2. The number of carbonyl (C=O) groups is 2. The summed E-state index contributed by atoms with van der Waals surface area (Å²) in [5.41, 5.74) is -0.813. The molecule has 0 aromatic heterocycles. The minimum Gasteiger partial charge on any atom is -0.491 e. The summed E-state index contributed by atoms with van der Waals surface area (Å²) in [6.07, 6.45) is 1.11. The van der Waals surface area contributed by atoms with Gasteiger partial charge in [0.25, 0.3) is 0 Å². The van der Waals surface area contributed by atoms with Crippen molar-refractivity contribution in [3.8, 4) is 5.75 Å². The van der Waals surface area contributed by atoms with E-state index in [1.807, 2.05) is 6.07 Å². The molecule has 0 saturated carbocycles. The summed E-state index contributed by atoms with van der Waals surface area (Å²) in [5.74, 6) is -0.398. The second kappa shape index (κ2) is 9.53. The van der Waals surface area contributed by atoms with Crippen LogP contribution in [-0.2, 0) is 24.2 Å². The summed E-state index contributed by atoms with van der Waals surface area (Å²) in [5, 5.41) is 5.50. The van der Waals surface area contributed by atoms with Gasteiger partial charge in [-0.1, -0.05) is 18.2 Å². The lowest BCUT2D eigenvalue weighted by Crippen LogP contribution is -2.56. The Morgan fingerprint density at radius 1 is 1.03 bits per heavy atom. The number of para-hydroxylation sites is 1. The molecular formula is C20H24N2O6S. The molecule has 2 rings (SSSR count). The summed E-state index contributed by atoms with van der Waals surface area (Å²) < 4.78 is 33.4. The van der Waals surface area contributed by atoms with Gasteiger partial charge in [-0.2, -0.15) is 0 Å². The topological polar surface area (TPSA) is 111 Å². The molecule has 0 saturated heterocycles. The normalized spacial score (nSPS) is 13.2. The van der Waals surface area contributed by atoms with Crippen LogP contribution >= 0.6 is 0 Å². The van der Waals surface area contributed by atoms with Gasteiger partial charge in [-0.3, -0.25) is 10.1 Å². The zero-order valence-electron chi connectivity index (χ0n) is 16.5. The van der Waals surface area contributed by atoms with Crippen molar-refractivity contribution in [3.05, 3.63) is 54.6 Å². The van der Waals surface area contributed by atoms with Crippen molar-refractivity contribution in [1.29, 1.82) is 0 Å². The minimum absolute atomic E-state index is 0.0416. The van der Waals surface area contributed by atoms with Gasteiger partial charge < -0.3 is 14.8 Å². The zero-order valence-corrected chi connectivity index (χ0v) is 17.3. The first-order chi connectivity index (χ1) is 13.6. The van der Waals surface area contributed by atoms with Crippen LogP contribution in [0.15, 0.2) is 59.5 Å². The number of carbonyl (C=O) groups excluding carboxylic acids is 2. The van der Waals surface area contributed by atoms with E-state index in [-0.39, 0.29) is 18.0 Å². The summed E-state index contributed by atoms with van der Waals surface area (Å²) in [7, 11) is -2.05. The number of hydrogen-bond acceptors (Lipinski definition) is 7. The molecule has 0 spiro atoms. The molecule has 0 aliphatic heterocycles. The fourth-order valence-electron chi connectivity index (χ4n) is 2.42. The third-order valence-electron chi connectivity index (χ3n) is 4.11.